The van der Waals surface area contributed by atoms with Gasteiger partial charge in [-0.3, -0.25) is 14.6 Å². The van der Waals surface area contributed by atoms with Gasteiger partial charge in [0.2, 0.25) is 0 Å². The average Bonchev–Trinajstić information content (AvgIpc) is 3.39. The van der Waals surface area contributed by atoms with Crippen LogP contribution in [0.2, 0.25) is 0 Å². The summed E-state index contributed by atoms with van der Waals surface area (Å²) in [7, 11) is 1.89. The highest BCUT2D eigenvalue weighted by Crippen LogP contribution is 2.39. The Labute approximate surface area is 175 Å². The highest BCUT2D eigenvalue weighted by atomic mass is 15.3. The molecule has 0 atom stereocenters. The van der Waals surface area contributed by atoms with Gasteiger partial charge in [0, 0.05) is 48.8 Å². The number of aromatic nitrogens is 4. The van der Waals surface area contributed by atoms with Gasteiger partial charge in [-0.15, -0.1) is 0 Å². The quantitative estimate of drug-likeness (QED) is 0.492. The predicted octanol–water partition coefficient (Wildman–Crippen LogP) is 4.85. The first-order valence-corrected chi connectivity index (χ1v) is 10.2. The van der Waals surface area contributed by atoms with Crippen molar-refractivity contribution in [3.05, 3.63) is 85.0 Å². The van der Waals surface area contributed by atoms with E-state index in [1.165, 1.54) is 11.3 Å². The number of fused-ring (bicyclic) bond motifs is 2. The first-order chi connectivity index (χ1) is 14.8. The average molecular weight is 393 g/mol. The maximum Gasteiger partial charge on any atom is 0.119 e. The summed E-state index contributed by atoms with van der Waals surface area (Å²) in [6.45, 7) is 4.89. The lowest BCUT2D eigenvalue weighted by Crippen LogP contribution is -1.95. The summed E-state index contributed by atoms with van der Waals surface area (Å²) in [5, 5.41) is 9.13. The van der Waals surface area contributed by atoms with Crippen molar-refractivity contribution < 1.29 is 0 Å². The Kier molecular flexibility index (Phi) is 4.64. The molecule has 0 spiro atoms. The second-order valence-corrected chi connectivity index (χ2v) is 7.39. The normalized spacial score (nSPS) is 13.4. The van der Waals surface area contributed by atoms with Crippen molar-refractivity contribution in [2.45, 2.75) is 19.4 Å². The van der Waals surface area contributed by atoms with Crippen LogP contribution in [-0.4, -0.2) is 26.8 Å². The van der Waals surface area contributed by atoms with Gasteiger partial charge in [0.25, 0.3) is 0 Å². The highest BCUT2D eigenvalue weighted by Gasteiger charge is 2.25. The van der Waals surface area contributed by atoms with E-state index >= 15 is 0 Å². The van der Waals surface area contributed by atoms with Gasteiger partial charge >= 0.3 is 0 Å². The van der Waals surface area contributed by atoms with E-state index in [1.807, 2.05) is 49.9 Å². The zero-order chi connectivity index (χ0) is 20.5. The number of rotatable bonds is 5. The number of nitrogens with zero attached hydrogens (tertiary/aromatic N) is 4. The van der Waals surface area contributed by atoms with Gasteiger partial charge in [-0.05, 0) is 53.8 Å². The molecule has 148 valence electrons. The summed E-state index contributed by atoms with van der Waals surface area (Å²) in [4.78, 5) is 9.24. The zero-order valence-corrected chi connectivity index (χ0v) is 17.0. The molecule has 0 amide bonds. The highest BCUT2D eigenvalue weighted by molar-refractivity contribution is 6.00. The van der Waals surface area contributed by atoms with E-state index in [4.69, 9.17) is 5.10 Å². The molecule has 0 fully saturated rings. The molecular formula is C25H23N5. The fourth-order valence-electron chi connectivity index (χ4n) is 4.26. The van der Waals surface area contributed by atoms with Gasteiger partial charge < -0.3 is 5.32 Å². The Bertz CT molecular complexity index is 1270. The molecule has 0 saturated carbocycles. The third kappa shape index (κ3) is 2.99. The molecule has 0 radical (unpaired) electrons. The standard InChI is InChI=1S/C25H23N5/c1-3-17(16-26-2)18-9-10-19-20(11-13-28-22(19)15-18)24-23-8-6-14-30(23)29-25(24)21-7-4-5-12-27-21/h3-5,7,9-13,15-16,26H,1,6,8,14H2,2H3/b17-16+. The van der Waals surface area contributed by atoms with E-state index in [0.717, 1.165) is 58.4 Å². The lowest BCUT2D eigenvalue weighted by Gasteiger charge is -2.10. The van der Waals surface area contributed by atoms with Crippen LogP contribution in [0.4, 0.5) is 0 Å². The SMILES string of the molecule is C=C/C(=C\NC)c1ccc2c(-c3c(-c4ccccn4)nn4c3CCC4)ccnc2c1. The number of aryl methyl sites for hydroxylation is 1. The monoisotopic (exact) mass is 393 g/mol. The lowest BCUT2D eigenvalue weighted by atomic mass is 9.95. The maximum absolute atomic E-state index is 4.93. The van der Waals surface area contributed by atoms with Gasteiger partial charge in [0.15, 0.2) is 0 Å². The molecule has 5 rings (SSSR count). The lowest BCUT2D eigenvalue weighted by molar-refractivity contribution is 0.658. The van der Waals surface area contributed by atoms with Crippen LogP contribution in [0.25, 0.3) is 39.0 Å². The Morgan fingerprint density at radius 2 is 2.07 bits per heavy atom. The van der Waals surface area contributed by atoms with Crippen LogP contribution in [0.3, 0.4) is 0 Å². The second-order valence-electron chi connectivity index (χ2n) is 7.39. The molecule has 0 bridgehead atoms. The summed E-state index contributed by atoms with van der Waals surface area (Å²) in [5.74, 6) is 0. The van der Waals surface area contributed by atoms with Gasteiger partial charge in [-0.1, -0.05) is 30.9 Å². The van der Waals surface area contributed by atoms with Crippen molar-refractivity contribution in [1.82, 2.24) is 25.1 Å². The molecule has 1 N–H and O–H groups in total. The van der Waals surface area contributed by atoms with Crippen LogP contribution in [-0.2, 0) is 13.0 Å². The van der Waals surface area contributed by atoms with Crippen molar-refractivity contribution >= 4 is 16.5 Å². The maximum atomic E-state index is 4.93. The summed E-state index contributed by atoms with van der Waals surface area (Å²) in [6, 6.07) is 14.5. The Balaban J connectivity index is 1.73. The van der Waals surface area contributed by atoms with Gasteiger partial charge in [-0.25, -0.2) is 0 Å². The molecular weight excluding hydrogens is 370 g/mol. The van der Waals surface area contributed by atoms with Crippen molar-refractivity contribution in [3.63, 3.8) is 0 Å². The Morgan fingerprint density at radius 3 is 2.87 bits per heavy atom. The summed E-state index contributed by atoms with van der Waals surface area (Å²) < 4.78 is 2.14. The predicted molar refractivity (Wildman–Crippen MR) is 122 cm³/mol. The molecule has 5 nitrogen and oxygen atoms in total. The van der Waals surface area contributed by atoms with Crippen LogP contribution in [0.15, 0.2) is 73.7 Å². The molecule has 4 aromatic rings. The molecule has 30 heavy (non-hydrogen) atoms. The van der Waals surface area contributed by atoms with E-state index in [-0.39, 0.29) is 0 Å². The molecule has 0 unspecified atom stereocenters. The van der Waals surface area contributed by atoms with Gasteiger partial charge in [0.1, 0.15) is 5.69 Å². The Morgan fingerprint density at radius 1 is 1.13 bits per heavy atom. The minimum Gasteiger partial charge on any atom is -0.393 e. The summed E-state index contributed by atoms with van der Waals surface area (Å²) >= 11 is 0. The van der Waals surface area contributed by atoms with E-state index in [1.54, 1.807) is 0 Å². The van der Waals surface area contributed by atoms with Crippen LogP contribution < -0.4 is 5.32 Å². The molecule has 0 saturated heterocycles. The fraction of sp³-hybridized carbons (Fsp3) is 0.160. The van der Waals surface area contributed by atoms with E-state index in [9.17, 15) is 0 Å². The summed E-state index contributed by atoms with van der Waals surface area (Å²) in [5.41, 5.74) is 8.56. The fourth-order valence-corrected chi connectivity index (χ4v) is 4.26. The number of hydrogen-bond acceptors (Lipinski definition) is 4. The first-order valence-electron chi connectivity index (χ1n) is 10.2. The minimum absolute atomic E-state index is 0.905. The molecule has 5 heteroatoms. The molecule has 4 heterocycles. The topological polar surface area (TPSA) is 55.6 Å². The second kappa shape index (κ2) is 7.59. The van der Waals surface area contributed by atoms with Crippen LogP contribution in [0, 0.1) is 0 Å². The number of hydrogen-bond donors (Lipinski definition) is 1. The number of allylic oxidation sites excluding steroid dienone is 2. The Hall–Kier alpha value is -3.73. The largest absolute Gasteiger partial charge is 0.393 e. The molecule has 1 aliphatic heterocycles. The first kappa shape index (κ1) is 18.3. The third-order valence-electron chi connectivity index (χ3n) is 5.61. The molecule has 1 aromatic carbocycles. The van der Waals surface area contributed by atoms with Crippen molar-refractivity contribution in [2.24, 2.45) is 0 Å². The third-order valence-corrected chi connectivity index (χ3v) is 5.61. The van der Waals surface area contributed by atoms with E-state index in [0.29, 0.717) is 0 Å². The van der Waals surface area contributed by atoms with Crippen molar-refractivity contribution in [1.29, 1.82) is 0 Å². The van der Waals surface area contributed by atoms with Crippen LogP contribution in [0.1, 0.15) is 17.7 Å². The van der Waals surface area contributed by atoms with Gasteiger partial charge in [0.05, 0.1) is 11.2 Å². The minimum atomic E-state index is 0.905. The smallest absolute Gasteiger partial charge is 0.119 e. The van der Waals surface area contributed by atoms with Crippen LogP contribution in [0.5, 0.6) is 0 Å². The molecule has 0 aliphatic carbocycles. The van der Waals surface area contributed by atoms with Crippen molar-refractivity contribution in [3.8, 4) is 22.5 Å². The van der Waals surface area contributed by atoms with E-state index in [2.05, 4.69) is 50.8 Å². The van der Waals surface area contributed by atoms with Gasteiger partial charge in [-0.2, -0.15) is 5.10 Å². The number of nitrogens with one attached hydrogen (secondary N) is 1. The van der Waals surface area contributed by atoms with Crippen molar-refractivity contribution in [2.75, 3.05) is 7.05 Å². The molecule has 3 aromatic heterocycles. The number of benzene rings is 1. The molecule has 1 aliphatic rings. The zero-order valence-electron chi connectivity index (χ0n) is 17.0. The number of pyridine rings is 2. The van der Waals surface area contributed by atoms with E-state index < -0.39 is 0 Å². The summed E-state index contributed by atoms with van der Waals surface area (Å²) in [6.07, 6.45) is 9.67. The van der Waals surface area contributed by atoms with Crippen LogP contribution >= 0.6 is 0 Å².